The van der Waals surface area contributed by atoms with Crippen LogP contribution in [0.5, 0.6) is 5.88 Å². The van der Waals surface area contributed by atoms with Crippen molar-refractivity contribution in [1.29, 1.82) is 0 Å². The Morgan fingerprint density at radius 3 is 2.76 bits per heavy atom. The number of methoxy groups -OCH3 is 1. The molecule has 0 aliphatic rings. The lowest BCUT2D eigenvalue weighted by atomic mass is 10.3. The molecular formula is C12H14BrN3O3S2. The molecule has 2 heterocycles. The van der Waals surface area contributed by atoms with Gasteiger partial charge in [-0.2, -0.15) is 0 Å². The number of ether oxygens (including phenoxy) is 1. The average Bonchev–Trinajstić information content (AvgIpc) is 2.88. The SMILES string of the molecule is COc1ccc(CNS(=O)(=O)c2cc(CN)sc2Br)cn1. The van der Waals surface area contributed by atoms with Gasteiger partial charge in [-0.15, -0.1) is 11.3 Å². The maximum Gasteiger partial charge on any atom is 0.242 e. The molecule has 0 aliphatic carbocycles. The Balaban J connectivity index is 2.11. The predicted octanol–water partition coefficient (Wildman–Crippen LogP) is 1.85. The van der Waals surface area contributed by atoms with Crippen LogP contribution in [-0.2, 0) is 23.1 Å². The molecule has 0 fully saturated rings. The summed E-state index contributed by atoms with van der Waals surface area (Å²) in [7, 11) is -2.07. The van der Waals surface area contributed by atoms with Crippen molar-refractivity contribution in [2.75, 3.05) is 7.11 Å². The molecule has 0 aliphatic heterocycles. The summed E-state index contributed by atoms with van der Waals surface area (Å²) < 4.78 is 32.5. The summed E-state index contributed by atoms with van der Waals surface area (Å²) in [6.45, 7) is 0.459. The van der Waals surface area contributed by atoms with E-state index >= 15 is 0 Å². The van der Waals surface area contributed by atoms with Crippen LogP contribution < -0.4 is 15.2 Å². The first-order valence-electron chi connectivity index (χ1n) is 5.93. The number of aromatic nitrogens is 1. The Morgan fingerprint density at radius 1 is 1.48 bits per heavy atom. The Bertz CT molecular complexity index is 714. The minimum Gasteiger partial charge on any atom is -0.481 e. The highest BCUT2D eigenvalue weighted by Crippen LogP contribution is 2.31. The normalized spacial score (nSPS) is 11.6. The molecule has 0 saturated carbocycles. The third-order valence-corrected chi connectivity index (χ3v) is 6.35. The summed E-state index contributed by atoms with van der Waals surface area (Å²) in [5.74, 6) is 0.481. The summed E-state index contributed by atoms with van der Waals surface area (Å²) in [6.07, 6.45) is 1.56. The molecule has 0 amide bonds. The lowest BCUT2D eigenvalue weighted by molar-refractivity contribution is 0.397. The van der Waals surface area contributed by atoms with Crippen molar-refractivity contribution < 1.29 is 13.2 Å². The Morgan fingerprint density at radius 2 is 2.24 bits per heavy atom. The van der Waals surface area contributed by atoms with Crippen molar-refractivity contribution in [2.24, 2.45) is 5.73 Å². The van der Waals surface area contributed by atoms with Crippen LogP contribution in [-0.4, -0.2) is 20.5 Å². The van der Waals surface area contributed by atoms with E-state index in [2.05, 4.69) is 25.6 Å². The van der Waals surface area contributed by atoms with Gasteiger partial charge in [0.15, 0.2) is 0 Å². The van der Waals surface area contributed by atoms with Crippen molar-refractivity contribution in [3.63, 3.8) is 0 Å². The first-order valence-corrected chi connectivity index (χ1v) is 9.02. The number of sulfonamides is 1. The Hall–Kier alpha value is -1.00. The fourth-order valence-corrected chi connectivity index (χ4v) is 5.15. The molecule has 0 spiro atoms. The number of pyridine rings is 1. The average molecular weight is 392 g/mol. The highest BCUT2D eigenvalue weighted by molar-refractivity contribution is 9.11. The highest BCUT2D eigenvalue weighted by atomic mass is 79.9. The van der Waals surface area contributed by atoms with Gasteiger partial charge in [0, 0.05) is 30.2 Å². The number of thiophene rings is 1. The molecule has 2 aromatic rings. The van der Waals surface area contributed by atoms with E-state index < -0.39 is 10.0 Å². The summed E-state index contributed by atoms with van der Waals surface area (Å²) in [5, 5.41) is 0. The fraction of sp³-hybridized carbons (Fsp3) is 0.250. The lowest BCUT2D eigenvalue weighted by Crippen LogP contribution is -2.23. The third-order valence-electron chi connectivity index (χ3n) is 2.67. The van der Waals surface area contributed by atoms with Crippen molar-refractivity contribution in [3.05, 3.63) is 38.6 Å². The van der Waals surface area contributed by atoms with E-state index in [-0.39, 0.29) is 11.4 Å². The van der Waals surface area contributed by atoms with Crippen LogP contribution >= 0.6 is 27.3 Å². The lowest BCUT2D eigenvalue weighted by Gasteiger charge is -2.06. The van der Waals surface area contributed by atoms with Gasteiger partial charge in [0.1, 0.15) is 4.90 Å². The van der Waals surface area contributed by atoms with E-state index in [1.807, 2.05) is 0 Å². The van der Waals surface area contributed by atoms with Crippen molar-refractivity contribution in [1.82, 2.24) is 9.71 Å². The van der Waals surface area contributed by atoms with E-state index in [9.17, 15) is 8.42 Å². The Labute approximate surface area is 135 Å². The van der Waals surface area contributed by atoms with Gasteiger partial charge < -0.3 is 10.5 Å². The number of hydrogen-bond acceptors (Lipinski definition) is 6. The minimum absolute atomic E-state index is 0.152. The number of halogens is 1. The largest absolute Gasteiger partial charge is 0.481 e. The molecule has 0 radical (unpaired) electrons. The van der Waals surface area contributed by atoms with Crippen molar-refractivity contribution in [2.45, 2.75) is 18.0 Å². The molecule has 0 atom stereocenters. The molecule has 114 valence electrons. The van der Waals surface area contributed by atoms with E-state index in [0.717, 1.165) is 10.4 Å². The molecule has 0 bridgehead atoms. The van der Waals surface area contributed by atoms with Gasteiger partial charge >= 0.3 is 0 Å². The Kier molecular flexibility index (Phi) is 5.33. The van der Waals surface area contributed by atoms with Gasteiger partial charge in [-0.3, -0.25) is 0 Å². The molecule has 2 rings (SSSR count). The second-order valence-corrected chi connectivity index (χ2v) is 8.28. The summed E-state index contributed by atoms with van der Waals surface area (Å²) in [4.78, 5) is 5.03. The molecule has 2 aromatic heterocycles. The monoisotopic (exact) mass is 391 g/mol. The van der Waals surface area contributed by atoms with Crippen LogP contribution in [0.1, 0.15) is 10.4 Å². The quantitative estimate of drug-likeness (QED) is 0.783. The van der Waals surface area contributed by atoms with Crippen LogP contribution in [0.3, 0.4) is 0 Å². The molecule has 6 nitrogen and oxygen atoms in total. The van der Waals surface area contributed by atoms with Crippen LogP contribution in [0.25, 0.3) is 0 Å². The molecule has 0 unspecified atom stereocenters. The van der Waals surface area contributed by atoms with Crippen LogP contribution in [0.4, 0.5) is 0 Å². The standard InChI is InChI=1S/C12H14BrN3O3S2/c1-19-11-3-2-8(6-15-11)7-16-21(17,18)10-4-9(5-14)20-12(10)13/h2-4,6,16H,5,7,14H2,1H3. The van der Waals surface area contributed by atoms with Gasteiger partial charge in [0.25, 0.3) is 0 Å². The van der Waals surface area contributed by atoms with Gasteiger partial charge in [0.2, 0.25) is 15.9 Å². The van der Waals surface area contributed by atoms with Crippen LogP contribution in [0.2, 0.25) is 0 Å². The van der Waals surface area contributed by atoms with Crippen molar-refractivity contribution >= 4 is 37.3 Å². The maximum absolute atomic E-state index is 12.3. The molecular weight excluding hydrogens is 378 g/mol. The zero-order valence-electron chi connectivity index (χ0n) is 11.2. The highest BCUT2D eigenvalue weighted by Gasteiger charge is 2.20. The molecule has 0 saturated heterocycles. The molecule has 3 N–H and O–H groups in total. The first-order chi connectivity index (χ1) is 9.96. The van der Waals surface area contributed by atoms with Crippen LogP contribution in [0.15, 0.2) is 33.1 Å². The first kappa shape index (κ1) is 16.4. The zero-order valence-corrected chi connectivity index (χ0v) is 14.4. The second kappa shape index (κ2) is 6.84. The number of nitrogens with two attached hydrogens (primary N) is 1. The number of nitrogens with zero attached hydrogens (tertiary/aromatic N) is 1. The van der Waals surface area contributed by atoms with E-state index in [0.29, 0.717) is 16.2 Å². The maximum atomic E-state index is 12.3. The number of rotatable bonds is 6. The summed E-state index contributed by atoms with van der Waals surface area (Å²) in [6, 6.07) is 5.00. The summed E-state index contributed by atoms with van der Waals surface area (Å²) >= 11 is 4.57. The summed E-state index contributed by atoms with van der Waals surface area (Å²) in [5.41, 5.74) is 6.26. The van der Waals surface area contributed by atoms with Gasteiger partial charge in [-0.05, 0) is 27.6 Å². The fourth-order valence-electron chi connectivity index (χ4n) is 1.57. The zero-order chi connectivity index (χ0) is 15.5. The third kappa shape index (κ3) is 4.01. The minimum atomic E-state index is -3.60. The predicted molar refractivity (Wildman–Crippen MR) is 84.7 cm³/mol. The van der Waals surface area contributed by atoms with Gasteiger partial charge in [-0.1, -0.05) is 6.07 Å². The topological polar surface area (TPSA) is 94.3 Å². The number of nitrogens with one attached hydrogen (secondary N) is 1. The molecule has 21 heavy (non-hydrogen) atoms. The van der Waals surface area contributed by atoms with E-state index in [4.69, 9.17) is 10.5 Å². The smallest absolute Gasteiger partial charge is 0.242 e. The molecule has 9 heteroatoms. The van der Waals surface area contributed by atoms with E-state index in [1.54, 1.807) is 24.4 Å². The second-order valence-electron chi connectivity index (χ2n) is 4.09. The van der Waals surface area contributed by atoms with E-state index in [1.165, 1.54) is 18.4 Å². The van der Waals surface area contributed by atoms with Crippen LogP contribution in [0, 0.1) is 0 Å². The van der Waals surface area contributed by atoms with Gasteiger partial charge in [-0.25, -0.2) is 18.1 Å². The molecule has 0 aromatic carbocycles. The van der Waals surface area contributed by atoms with Crippen molar-refractivity contribution in [3.8, 4) is 5.88 Å². The number of hydrogen-bond donors (Lipinski definition) is 2. The van der Waals surface area contributed by atoms with Gasteiger partial charge in [0.05, 0.1) is 10.9 Å².